The molecule has 0 aliphatic heterocycles. The molecule has 1 amide bonds. The van der Waals surface area contributed by atoms with E-state index in [-0.39, 0.29) is 17.3 Å². The summed E-state index contributed by atoms with van der Waals surface area (Å²) in [6, 6.07) is 7.73. The number of ketones is 1. The monoisotopic (exact) mass is 457 g/mol. The minimum absolute atomic E-state index is 0.255. The van der Waals surface area contributed by atoms with Crippen LogP contribution < -0.4 is 5.32 Å². The second-order valence-electron chi connectivity index (χ2n) is 7.87. The molecule has 170 valence electrons. The van der Waals surface area contributed by atoms with Gasteiger partial charge in [-0.1, -0.05) is 25.0 Å². The van der Waals surface area contributed by atoms with E-state index in [1.54, 1.807) is 12.1 Å². The second kappa shape index (κ2) is 9.09. The van der Waals surface area contributed by atoms with Crippen molar-refractivity contribution in [3.8, 4) is 11.1 Å². The van der Waals surface area contributed by atoms with Gasteiger partial charge in [0.2, 0.25) is 5.78 Å². The third kappa shape index (κ3) is 5.42. The molecule has 1 saturated carbocycles. The van der Waals surface area contributed by atoms with Gasteiger partial charge in [-0.15, -0.1) is 0 Å². The number of hydrogen-bond acceptors (Lipinski definition) is 4. The lowest BCUT2D eigenvalue weighted by Crippen LogP contribution is -2.25. The van der Waals surface area contributed by atoms with Crippen molar-refractivity contribution < 1.29 is 27.2 Å². The van der Waals surface area contributed by atoms with Crippen LogP contribution in [0.1, 0.15) is 51.4 Å². The Morgan fingerprint density at radius 2 is 1.58 bits per heavy atom. The first kappa shape index (κ1) is 22.6. The van der Waals surface area contributed by atoms with Crippen LogP contribution in [0.5, 0.6) is 0 Å². The molecule has 1 fully saturated rings. The third-order valence-electron chi connectivity index (χ3n) is 5.39. The molecule has 5 nitrogen and oxygen atoms in total. The summed E-state index contributed by atoms with van der Waals surface area (Å²) < 4.78 is 53.1. The van der Waals surface area contributed by atoms with Crippen LogP contribution in [0.4, 0.5) is 17.6 Å². The zero-order chi connectivity index (χ0) is 23.6. The van der Waals surface area contributed by atoms with E-state index in [9.17, 15) is 27.2 Å². The topological polar surface area (TPSA) is 72.0 Å². The van der Waals surface area contributed by atoms with Gasteiger partial charge in [0.1, 0.15) is 17.2 Å². The normalized spacial score (nSPS) is 13.6. The van der Waals surface area contributed by atoms with Crippen molar-refractivity contribution in [3.05, 3.63) is 83.2 Å². The van der Waals surface area contributed by atoms with Gasteiger partial charge < -0.3 is 5.32 Å². The van der Waals surface area contributed by atoms with Crippen LogP contribution in [0.25, 0.3) is 11.1 Å². The first-order valence-electron chi connectivity index (χ1n) is 10.3. The Morgan fingerprint density at radius 1 is 0.939 bits per heavy atom. The third-order valence-corrected chi connectivity index (χ3v) is 5.39. The number of halogens is 4. The Kier molecular flexibility index (Phi) is 6.22. The molecular weight excluding hydrogens is 438 g/mol. The zero-order valence-electron chi connectivity index (χ0n) is 17.3. The van der Waals surface area contributed by atoms with Crippen molar-refractivity contribution >= 4 is 11.7 Å². The summed E-state index contributed by atoms with van der Waals surface area (Å²) >= 11 is 0. The fourth-order valence-corrected chi connectivity index (χ4v) is 3.37. The molecule has 1 aromatic carbocycles. The number of nitrogens with zero attached hydrogens (tertiary/aromatic N) is 2. The van der Waals surface area contributed by atoms with Crippen LogP contribution in [0.2, 0.25) is 0 Å². The molecule has 33 heavy (non-hydrogen) atoms. The number of carbonyl (C=O) groups excluding carboxylic acids is 2. The fraction of sp³-hybridized carbons (Fsp3) is 0.250. The average Bonchev–Trinajstić information content (AvgIpc) is 3.62. The smallest absolute Gasteiger partial charge is 0.351 e. The zero-order valence-corrected chi connectivity index (χ0v) is 17.3. The number of hydrogen-bond donors (Lipinski definition) is 1. The molecule has 4 rings (SSSR count). The highest BCUT2D eigenvalue weighted by molar-refractivity contribution is 6.09. The number of aromatic nitrogens is 2. The summed E-state index contributed by atoms with van der Waals surface area (Å²) in [7, 11) is 0. The van der Waals surface area contributed by atoms with Gasteiger partial charge in [0.05, 0.1) is 5.56 Å². The highest BCUT2D eigenvalue weighted by atomic mass is 19.4. The van der Waals surface area contributed by atoms with Gasteiger partial charge in [0.15, 0.2) is 0 Å². The molecule has 0 saturated heterocycles. The van der Waals surface area contributed by atoms with Crippen LogP contribution in [-0.4, -0.2) is 28.2 Å². The van der Waals surface area contributed by atoms with Gasteiger partial charge in [-0.05, 0) is 42.7 Å². The molecule has 9 heteroatoms. The SMILES string of the molecule is O=C(NCCC1CC1)c1ccc(-c2ccc(C(=O)c3cc(F)ccc3C(F)(F)F)nc2)cn1. The number of carbonyl (C=O) groups is 2. The Bertz CT molecular complexity index is 1170. The molecule has 1 aliphatic rings. The fourth-order valence-electron chi connectivity index (χ4n) is 3.37. The summed E-state index contributed by atoms with van der Waals surface area (Å²) in [4.78, 5) is 32.8. The molecule has 2 aromatic heterocycles. The van der Waals surface area contributed by atoms with Crippen LogP contribution in [0.15, 0.2) is 54.9 Å². The lowest BCUT2D eigenvalue weighted by molar-refractivity contribution is -0.137. The van der Waals surface area contributed by atoms with Gasteiger partial charge >= 0.3 is 6.18 Å². The highest BCUT2D eigenvalue weighted by Crippen LogP contribution is 2.33. The van der Waals surface area contributed by atoms with Crippen LogP contribution in [0, 0.1) is 11.7 Å². The summed E-state index contributed by atoms with van der Waals surface area (Å²) in [6.07, 6.45) is 1.37. The van der Waals surface area contributed by atoms with E-state index in [0.717, 1.165) is 6.42 Å². The van der Waals surface area contributed by atoms with E-state index >= 15 is 0 Å². The van der Waals surface area contributed by atoms with Crippen LogP contribution in [-0.2, 0) is 6.18 Å². The molecule has 1 N–H and O–H groups in total. The largest absolute Gasteiger partial charge is 0.417 e. The van der Waals surface area contributed by atoms with Crippen molar-refractivity contribution in [2.45, 2.75) is 25.4 Å². The number of pyridine rings is 2. The molecule has 3 aromatic rings. The number of nitrogens with one attached hydrogen (secondary N) is 1. The number of rotatable bonds is 7. The Balaban J connectivity index is 1.48. The van der Waals surface area contributed by atoms with Gasteiger partial charge in [-0.2, -0.15) is 13.2 Å². The van der Waals surface area contributed by atoms with Crippen LogP contribution in [0.3, 0.4) is 0 Å². The first-order valence-corrected chi connectivity index (χ1v) is 10.3. The van der Waals surface area contributed by atoms with Gasteiger partial charge in [-0.25, -0.2) is 4.39 Å². The molecular formula is C24H19F4N3O2. The molecule has 0 spiro atoms. The Labute approximate surface area is 186 Å². The molecule has 0 bridgehead atoms. The quantitative estimate of drug-likeness (QED) is 0.398. The highest BCUT2D eigenvalue weighted by Gasteiger charge is 2.35. The number of alkyl halides is 3. The van der Waals surface area contributed by atoms with Crippen molar-refractivity contribution in [1.82, 2.24) is 15.3 Å². The average molecular weight is 457 g/mol. The maximum Gasteiger partial charge on any atom is 0.417 e. The van der Waals surface area contributed by atoms with Crippen molar-refractivity contribution in [3.63, 3.8) is 0 Å². The Hall–Kier alpha value is -3.62. The van der Waals surface area contributed by atoms with Gasteiger partial charge in [-0.3, -0.25) is 19.6 Å². The van der Waals surface area contributed by atoms with E-state index in [1.165, 1.54) is 37.4 Å². The van der Waals surface area contributed by atoms with E-state index in [2.05, 4.69) is 15.3 Å². The van der Waals surface area contributed by atoms with Crippen molar-refractivity contribution in [2.75, 3.05) is 6.54 Å². The van der Waals surface area contributed by atoms with Crippen molar-refractivity contribution in [1.29, 1.82) is 0 Å². The van der Waals surface area contributed by atoms with E-state index < -0.39 is 28.9 Å². The van der Waals surface area contributed by atoms with E-state index in [1.807, 2.05) is 0 Å². The summed E-state index contributed by atoms with van der Waals surface area (Å²) in [6.45, 7) is 0.605. The van der Waals surface area contributed by atoms with Crippen molar-refractivity contribution in [2.24, 2.45) is 5.92 Å². The van der Waals surface area contributed by atoms with Gasteiger partial charge in [0.25, 0.3) is 5.91 Å². The van der Waals surface area contributed by atoms with E-state index in [0.29, 0.717) is 41.8 Å². The standard InChI is InChI=1S/C24H19F4N3O2/c25-17-5-6-19(24(26,27)28)18(11-17)22(32)20-7-3-15(12-30-20)16-4-8-21(31-13-16)23(33)29-10-9-14-1-2-14/h3-8,11-14H,1-2,9-10H2,(H,29,33). The first-order chi connectivity index (χ1) is 15.7. The lowest BCUT2D eigenvalue weighted by atomic mass is 10.00. The van der Waals surface area contributed by atoms with Gasteiger partial charge in [0, 0.05) is 35.6 Å². The summed E-state index contributed by atoms with van der Waals surface area (Å²) in [5, 5.41) is 2.83. The maximum absolute atomic E-state index is 13.5. The molecule has 1 aliphatic carbocycles. The predicted molar refractivity (Wildman–Crippen MR) is 112 cm³/mol. The predicted octanol–water partition coefficient (Wildman–Crippen LogP) is 5.06. The Morgan fingerprint density at radius 3 is 2.12 bits per heavy atom. The number of benzene rings is 1. The minimum atomic E-state index is -4.81. The molecule has 0 atom stereocenters. The maximum atomic E-state index is 13.5. The summed E-state index contributed by atoms with van der Waals surface area (Å²) in [5.41, 5.74) is -0.862. The molecule has 0 radical (unpaired) electrons. The molecule has 2 heterocycles. The summed E-state index contributed by atoms with van der Waals surface area (Å²) in [5.74, 6) is -1.55. The van der Waals surface area contributed by atoms with E-state index in [4.69, 9.17) is 0 Å². The minimum Gasteiger partial charge on any atom is -0.351 e. The number of amides is 1. The van der Waals surface area contributed by atoms with Crippen LogP contribution >= 0.6 is 0 Å². The lowest BCUT2D eigenvalue weighted by Gasteiger charge is -2.12. The molecule has 0 unspecified atom stereocenters. The second-order valence-corrected chi connectivity index (χ2v) is 7.87.